The van der Waals surface area contributed by atoms with E-state index in [1.807, 2.05) is 0 Å². The second-order valence-electron chi connectivity index (χ2n) is 0.990. The zero-order chi connectivity index (χ0) is 6.78. The summed E-state index contributed by atoms with van der Waals surface area (Å²) in [5, 5.41) is 9.02. The molecule has 0 atom stereocenters. The second-order valence-corrected chi connectivity index (χ2v) is 0.990. The lowest BCUT2D eigenvalue weighted by Crippen LogP contribution is -2.01. The van der Waals surface area contributed by atoms with Crippen molar-refractivity contribution in [3.8, 4) is 0 Å². The van der Waals surface area contributed by atoms with E-state index in [1.54, 1.807) is 0 Å². The molecule has 0 aromatic carbocycles. The first-order valence-electron chi connectivity index (χ1n) is 1.54. The zero-order valence-electron chi connectivity index (χ0n) is 3.50. The maximum Gasteiger partial charge on any atom is 0.415 e. The molecule has 0 saturated carbocycles. The first-order valence-corrected chi connectivity index (χ1v) is 1.54. The third kappa shape index (κ3) is 5.26. The van der Waals surface area contributed by atoms with Gasteiger partial charge in [-0.2, -0.15) is 17.6 Å². The fraction of sp³-hybridized carbons (Fsp3) is 0.333. The quantitative estimate of drug-likeness (QED) is 0.351. The Hall–Kier alpha value is -0.740. The highest BCUT2D eigenvalue weighted by Crippen LogP contribution is 2.17. The Kier molecular flexibility index (Phi) is 1.83. The van der Waals surface area contributed by atoms with Crippen molar-refractivity contribution in [1.82, 2.24) is 0 Å². The zero-order valence-corrected chi connectivity index (χ0v) is 3.50. The summed E-state index contributed by atoms with van der Waals surface area (Å²) in [6.07, 6.45) is -5.78. The van der Waals surface area contributed by atoms with Crippen LogP contribution in [0.5, 0.6) is 0 Å². The largest absolute Gasteiger partial charge is 0.415 e. The van der Waals surface area contributed by atoms with Crippen LogP contribution in [0.25, 0.3) is 0 Å². The SMILES string of the molecule is [O]/C(F)=C/C(F)(F)F. The number of hydrogen-bond donors (Lipinski definition) is 0. The van der Waals surface area contributed by atoms with Crippen LogP contribution in [0.15, 0.2) is 12.1 Å². The smallest absolute Gasteiger partial charge is 0.256 e. The monoisotopic (exact) mass is 129 g/mol. The highest BCUT2D eigenvalue weighted by molar-refractivity contribution is 4.86. The van der Waals surface area contributed by atoms with E-state index in [1.165, 1.54) is 0 Å². The number of halogens is 4. The molecule has 0 unspecified atom stereocenters. The molecule has 5 heteroatoms. The Morgan fingerprint density at radius 1 is 1.38 bits per heavy atom. The van der Waals surface area contributed by atoms with E-state index in [-0.39, 0.29) is 0 Å². The van der Waals surface area contributed by atoms with Gasteiger partial charge < -0.3 is 0 Å². The Labute approximate surface area is 42.2 Å². The van der Waals surface area contributed by atoms with Crippen molar-refractivity contribution in [1.29, 1.82) is 0 Å². The van der Waals surface area contributed by atoms with Gasteiger partial charge in [-0.3, -0.25) is 5.11 Å². The first kappa shape index (κ1) is 7.26. The predicted molar refractivity (Wildman–Crippen MR) is 15.9 cm³/mol. The molecule has 0 heterocycles. The summed E-state index contributed by atoms with van der Waals surface area (Å²) in [5.74, 6) is 0. The van der Waals surface area contributed by atoms with Crippen LogP contribution in [0.1, 0.15) is 0 Å². The van der Waals surface area contributed by atoms with Crippen LogP contribution >= 0.6 is 0 Å². The van der Waals surface area contributed by atoms with E-state index in [0.717, 1.165) is 0 Å². The maximum absolute atomic E-state index is 10.8. The van der Waals surface area contributed by atoms with Crippen molar-refractivity contribution in [2.75, 3.05) is 0 Å². The molecular formula is C3HF4O. The van der Waals surface area contributed by atoms with E-state index >= 15 is 0 Å². The number of alkyl halides is 3. The van der Waals surface area contributed by atoms with Gasteiger partial charge in [-0.15, -0.1) is 0 Å². The van der Waals surface area contributed by atoms with Gasteiger partial charge in [-0.25, -0.2) is 0 Å². The number of hydrogen-bond acceptors (Lipinski definition) is 0. The topological polar surface area (TPSA) is 19.9 Å². The van der Waals surface area contributed by atoms with E-state index in [0.29, 0.717) is 0 Å². The highest BCUT2D eigenvalue weighted by atomic mass is 19.4. The third-order valence-electron chi connectivity index (χ3n) is 0.277. The molecule has 0 spiro atoms. The molecule has 0 fully saturated rings. The fourth-order valence-electron chi connectivity index (χ4n) is 0.129. The second kappa shape index (κ2) is 2.02. The molecule has 0 bridgehead atoms. The van der Waals surface area contributed by atoms with Gasteiger partial charge in [0.2, 0.25) is 0 Å². The molecule has 1 nitrogen and oxygen atoms in total. The van der Waals surface area contributed by atoms with Crippen molar-refractivity contribution in [2.24, 2.45) is 0 Å². The van der Waals surface area contributed by atoms with Gasteiger partial charge in [0.1, 0.15) is 0 Å². The standard InChI is InChI=1S/C3HF4O/c4-2(8)1-3(5,6)7/h1H/b2-1+. The molecular weight excluding hydrogens is 128 g/mol. The summed E-state index contributed by atoms with van der Waals surface area (Å²) in [6.45, 7) is 0. The summed E-state index contributed by atoms with van der Waals surface area (Å²) in [6, 6.07) is -2.47. The van der Waals surface area contributed by atoms with Crippen molar-refractivity contribution < 1.29 is 22.7 Å². The summed E-state index contributed by atoms with van der Waals surface area (Å²) in [7, 11) is 0. The van der Waals surface area contributed by atoms with Crippen molar-refractivity contribution >= 4 is 0 Å². The van der Waals surface area contributed by atoms with Gasteiger partial charge in [-0.05, 0) is 0 Å². The van der Waals surface area contributed by atoms with Crippen molar-refractivity contribution in [2.45, 2.75) is 6.18 Å². The normalized spacial score (nSPS) is 14.2. The van der Waals surface area contributed by atoms with Gasteiger partial charge in [-0.1, -0.05) is 0 Å². The molecule has 0 aliphatic rings. The molecule has 0 N–H and O–H groups in total. The lowest BCUT2D eigenvalue weighted by molar-refractivity contribution is -0.0848. The highest BCUT2D eigenvalue weighted by Gasteiger charge is 2.25. The Bertz CT molecular complexity index is 98.3. The lowest BCUT2D eigenvalue weighted by Gasteiger charge is -1.93. The summed E-state index contributed by atoms with van der Waals surface area (Å²) in [5.41, 5.74) is 0. The summed E-state index contributed by atoms with van der Waals surface area (Å²) >= 11 is 0. The van der Waals surface area contributed by atoms with Crippen LogP contribution in [0.2, 0.25) is 0 Å². The predicted octanol–water partition coefficient (Wildman–Crippen LogP) is 1.79. The van der Waals surface area contributed by atoms with E-state index in [2.05, 4.69) is 0 Å². The molecule has 0 rings (SSSR count). The van der Waals surface area contributed by atoms with Gasteiger partial charge >= 0.3 is 12.2 Å². The minimum absolute atomic E-state index is 0.951. The lowest BCUT2D eigenvalue weighted by atomic mass is 10.6. The Morgan fingerprint density at radius 3 is 1.75 bits per heavy atom. The molecule has 47 valence electrons. The minimum Gasteiger partial charge on any atom is -0.256 e. The molecule has 0 aliphatic heterocycles. The number of rotatable bonds is 0. The van der Waals surface area contributed by atoms with Crippen LogP contribution in [-0.4, -0.2) is 6.18 Å². The molecule has 0 aromatic heterocycles. The summed E-state index contributed by atoms with van der Waals surface area (Å²) in [4.78, 5) is 0. The van der Waals surface area contributed by atoms with Crippen molar-refractivity contribution in [3.05, 3.63) is 12.1 Å². The fourth-order valence-corrected chi connectivity index (χ4v) is 0.129. The average Bonchev–Trinajstić information content (AvgIpc) is 1.21. The molecule has 0 saturated heterocycles. The van der Waals surface area contributed by atoms with Crippen LogP contribution in [0, 0.1) is 0 Å². The van der Waals surface area contributed by atoms with Crippen LogP contribution < -0.4 is 0 Å². The average molecular weight is 129 g/mol. The molecule has 0 aliphatic carbocycles. The van der Waals surface area contributed by atoms with Crippen LogP contribution in [-0.2, 0) is 5.11 Å². The molecule has 8 heavy (non-hydrogen) atoms. The Balaban J connectivity index is 3.89. The van der Waals surface area contributed by atoms with Crippen molar-refractivity contribution in [3.63, 3.8) is 0 Å². The van der Waals surface area contributed by atoms with E-state index < -0.39 is 18.3 Å². The molecule has 0 aromatic rings. The van der Waals surface area contributed by atoms with Gasteiger partial charge in [0.25, 0.3) is 0 Å². The van der Waals surface area contributed by atoms with Crippen LogP contribution in [0.3, 0.4) is 0 Å². The van der Waals surface area contributed by atoms with Gasteiger partial charge in [0.05, 0.1) is 6.08 Å². The molecule has 1 radical (unpaired) electrons. The van der Waals surface area contributed by atoms with Crippen LogP contribution in [0.4, 0.5) is 17.6 Å². The third-order valence-corrected chi connectivity index (χ3v) is 0.277. The number of allylic oxidation sites excluding steroid dienone is 1. The van der Waals surface area contributed by atoms with Gasteiger partial charge in [0, 0.05) is 0 Å². The summed E-state index contributed by atoms with van der Waals surface area (Å²) < 4.78 is 43.2. The molecule has 0 amide bonds. The maximum atomic E-state index is 10.8. The van der Waals surface area contributed by atoms with E-state index in [4.69, 9.17) is 5.11 Å². The van der Waals surface area contributed by atoms with E-state index in [9.17, 15) is 17.6 Å². The minimum atomic E-state index is -4.83. The first-order chi connectivity index (χ1) is 3.42. The van der Waals surface area contributed by atoms with Gasteiger partial charge in [0.15, 0.2) is 0 Å². The Morgan fingerprint density at radius 2 is 1.75 bits per heavy atom.